The number of phenols is 1. The van der Waals surface area contributed by atoms with Crippen LogP contribution in [0.15, 0.2) is 54.6 Å². The number of aliphatic hydroxyl groups excluding tert-OH is 1. The molecule has 4 unspecified atom stereocenters. The quantitative estimate of drug-likeness (QED) is 0.437. The Morgan fingerprint density at radius 3 is 2.03 bits per heavy atom. The van der Waals surface area contributed by atoms with Gasteiger partial charge in [0, 0.05) is 11.6 Å². The Balaban J connectivity index is 0.000000179. The van der Waals surface area contributed by atoms with Gasteiger partial charge in [-0.25, -0.2) is 0 Å². The second kappa shape index (κ2) is 10.4. The van der Waals surface area contributed by atoms with Crippen molar-refractivity contribution in [1.29, 1.82) is 0 Å². The van der Waals surface area contributed by atoms with Gasteiger partial charge in [0.25, 0.3) is 0 Å². The van der Waals surface area contributed by atoms with Crippen molar-refractivity contribution >= 4 is 0 Å². The lowest BCUT2D eigenvalue weighted by atomic mass is 9.43. The van der Waals surface area contributed by atoms with E-state index in [1.165, 1.54) is 56.9 Å². The molecule has 0 spiro atoms. The summed E-state index contributed by atoms with van der Waals surface area (Å²) in [6.45, 7) is 9.10. The molecule has 37 heavy (non-hydrogen) atoms. The average molecular weight is 505 g/mol. The Labute approximate surface area is 224 Å². The van der Waals surface area contributed by atoms with Crippen LogP contribution in [0.2, 0.25) is 0 Å². The number of nitrogens with two attached hydrogens (primary N) is 1. The molecule has 4 aliphatic carbocycles. The zero-order valence-corrected chi connectivity index (χ0v) is 23.2. The minimum absolute atomic E-state index is 0.0900. The number of piperidine rings is 1. The lowest BCUT2D eigenvalue weighted by Gasteiger charge is -2.64. The molecular formula is C33H48N2O2. The predicted octanol–water partition coefficient (Wildman–Crippen LogP) is 6.46. The van der Waals surface area contributed by atoms with Crippen LogP contribution in [0.25, 0.3) is 0 Å². The van der Waals surface area contributed by atoms with Crippen molar-refractivity contribution in [3.8, 4) is 5.75 Å². The summed E-state index contributed by atoms with van der Waals surface area (Å²) in [4.78, 5) is 2.39. The van der Waals surface area contributed by atoms with Gasteiger partial charge in [0.1, 0.15) is 5.75 Å². The zero-order chi connectivity index (χ0) is 26.3. The summed E-state index contributed by atoms with van der Waals surface area (Å²) in [5, 5.41) is 20.0. The minimum atomic E-state index is -0.517. The third-order valence-corrected chi connectivity index (χ3v) is 9.95. The minimum Gasteiger partial charge on any atom is -0.508 e. The van der Waals surface area contributed by atoms with E-state index in [4.69, 9.17) is 5.73 Å². The highest BCUT2D eigenvalue weighted by molar-refractivity contribution is 5.28. The van der Waals surface area contributed by atoms with Gasteiger partial charge in [-0.2, -0.15) is 0 Å². The number of benzene rings is 2. The summed E-state index contributed by atoms with van der Waals surface area (Å²) in [7, 11) is 0. The molecule has 4 heteroatoms. The molecule has 5 aliphatic rings. The Morgan fingerprint density at radius 1 is 0.892 bits per heavy atom. The number of likely N-dealkylation sites (tertiary alicyclic amines) is 1. The van der Waals surface area contributed by atoms with E-state index in [2.05, 4.69) is 56.0 Å². The molecule has 1 heterocycles. The zero-order valence-electron chi connectivity index (χ0n) is 23.2. The number of aliphatic hydroxyl groups is 1. The van der Waals surface area contributed by atoms with Gasteiger partial charge in [-0.15, -0.1) is 0 Å². The molecular weight excluding hydrogens is 456 g/mol. The average Bonchev–Trinajstić information content (AvgIpc) is 2.82. The van der Waals surface area contributed by atoms with Crippen molar-refractivity contribution in [1.82, 2.24) is 4.90 Å². The number of rotatable bonds is 5. The first-order valence-corrected chi connectivity index (χ1v) is 14.6. The first kappa shape index (κ1) is 26.7. The maximum Gasteiger partial charge on any atom is 0.115 e. The highest BCUT2D eigenvalue weighted by Gasteiger charge is 2.58. The van der Waals surface area contributed by atoms with Crippen molar-refractivity contribution in [3.05, 3.63) is 65.7 Å². The number of hydrogen-bond donors (Lipinski definition) is 3. The summed E-state index contributed by atoms with van der Waals surface area (Å²) in [6, 6.07) is 17.7. The SMILES string of the molecule is CC(C(O)c1ccc(O)cc1)N1CCC(Cc2ccccc2)CC1.CC12CC3CC(C)(C1)CC(N)(C3)C2. The Hall–Kier alpha value is -1.88. The molecule has 0 aromatic heterocycles. The monoisotopic (exact) mass is 504 g/mol. The second-order valence-corrected chi connectivity index (χ2v) is 13.9. The van der Waals surface area contributed by atoms with E-state index >= 15 is 0 Å². The molecule has 4 nitrogen and oxygen atoms in total. The molecule has 2 aromatic rings. The normalized spacial score (nSPS) is 35.0. The highest BCUT2D eigenvalue weighted by Crippen LogP contribution is 2.65. The molecule has 4 bridgehead atoms. The molecule has 5 fully saturated rings. The fourth-order valence-electron chi connectivity index (χ4n) is 9.20. The van der Waals surface area contributed by atoms with Crippen molar-refractivity contribution < 1.29 is 10.2 Å². The summed E-state index contributed by atoms with van der Waals surface area (Å²) < 4.78 is 0. The van der Waals surface area contributed by atoms with Crippen LogP contribution in [0.4, 0.5) is 0 Å². The van der Waals surface area contributed by atoms with Crippen LogP contribution in [0.3, 0.4) is 0 Å². The molecule has 0 radical (unpaired) electrons. The third kappa shape index (κ3) is 6.24. The lowest BCUT2D eigenvalue weighted by Crippen LogP contribution is -2.62. The second-order valence-electron chi connectivity index (χ2n) is 13.9. The maximum atomic E-state index is 10.6. The molecule has 1 aliphatic heterocycles. The summed E-state index contributed by atoms with van der Waals surface area (Å²) in [5.74, 6) is 1.93. The topological polar surface area (TPSA) is 69.7 Å². The fourth-order valence-corrected chi connectivity index (χ4v) is 9.20. The van der Waals surface area contributed by atoms with Crippen LogP contribution in [0.5, 0.6) is 5.75 Å². The highest BCUT2D eigenvalue weighted by atomic mass is 16.3. The molecule has 2 aromatic carbocycles. The van der Waals surface area contributed by atoms with E-state index in [9.17, 15) is 10.2 Å². The van der Waals surface area contributed by atoms with Crippen LogP contribution in [0, 0.1) is 22.7 Å². The first-order chi connectivity index (χ1) is 17.5. The fraction of sp³-hybridized carbons (Fsp3) is 0.636. The Morgan fingerprint density at radius 2 is 1.49 bits per heavy atom. The van der Waals surface area contributed by atoms with Crippen LogP contribution >= 0.6 is 0 Å². The molecule has 4 atom stereocenters. The number of nitrogens with zero attached hydrogens (tertiary/aromatic N) is 1. The van der Waals surface area contributed by atoms with E-state index < -0.39 is 6.10 Å². The van der Waals surface area contributed by atoms with E-state index in [0.717, 1.165) is 36.9 Å². The summed E-state index contributed by atoms with van der Waals surface area (Å²) in [6.07, 6.45) is 11.3. The number of hydrogen-bond acceptors (Lipinski definition) is 4. The van der Waals surface area contributed by atoms with Crippen LogP contribution in [-0.2, 0) is 6.42 Å². The lowest BCUT2D eigenvalue weighted by molar-refractivity contribution is -0.104. The molecule has 0 amide bonds. The van der Waals surface area contributed by atoms with Crippen molar-refractivity contribution in [3.63, 3.8) is 0 Å². The van der Waals surface area contributed by atoms with Gasteiger partial charge >= 0.3 is 0 Å². The van der Waals surface area contributed by atoms with Crippen LogP contribution < -0.4 is 5.73 Å². The molecule has 4 N–H and O–H groups in total. The van der Waals surface area contributed by atoms with Gasteiger partial charge in [-0.05, 0) is 124 Å². The van der Waals surface area contributed by atoms with Gasteiger partial charge in [-0.1, -0.05) is 56.3 Å². The van der Waals surface area contributed by atoms with Gasteiger partial charge in [-0.3, -0.25) is 4.90 Å². The van der Waals surface area contributed by atoms with Crippen molar-refractivity contribution in [2.24, 2.45) is 28.4 Å². The van der Waals surface area contributed by atoms with Gasteiger partial charge in [0.15, 0.2) is 0 Å². The smallest absolute Gasteiger partial charge is 0.115 e. The molecule has 7 rings (SSSR count). The standard InChI is InChI=1S/C21H27NO2.C12H21N/c1-16(21(24)19-7-9-20(23)10-8-19)22-13-11-18(12-14-22)15-17-5-3-2-4-6-17;1-10-3-9-4-11(2,6-10)8-12(13,5-9)7-10/h2-10,16,18,21,23-24H,11-15H2,1H3;9H,3-8,13H2,1-2H3. The van der Waals surface area contributed by atoms with Crippen molar-refractivity contribution in [2.75, 3.05) is 13.1 Å². The van der Waals surface area contributed by atoms with Crippen LogP contribution in [-0.4, -0.2) is 39.8 Å². The summed E-state index contributed by atoms with van der Waals surface area (Å²) >= 11 is 0. The molecule has 4 saturated carbocycles. The van der Waals surface area contributed by atoms with Crippen LogP contribution in [0.1, 0.15) is 89.4 Å². The maximum absolute atomic E-state index is 10.6. The van der Waals surface area contributed by atoms with E-state index in [0.29, 0.717) is 10.8 Å². The largest absolute Gasteiger partial charge is 0.508 e. The molecule has 202 valence electrons. The van der Waals surface area contributed by atoms with Gasteiger partial charge < -0.3 is 15.9 Å². The third-order valence-electron chi connectivity index (χ3n) is 9.95. The van der Waals surface area contributed by atoms with E-state index in [-0.39, 0.29) is 17.3 Å². The number of phenolic OH excluding ortho intramolecular Hbond substituents is 1. The number of aromatic hydroxyl groups is 1. The predicted molar refractivity (Wildman–Crippen MR) is 151 cm³/mol. The van der Waals surface area contributed by atoms with E-state index in [1.54, 1.807) is 24.3 Å². The van der Waals surface area contributed by atoms with Crippen molar-refractivity contribution in [2.45, 2.75) is 96.2 Å². The Bertz CT molecular complexity index is 979. The van der Waals surface area contributed by atoms with Gasteiger partial charge in [0.2, 0.25) is 0 Å². The van der Waals surface area contributed by atoms with E-state index in [1.807, 2.05) is 0 Å². The molecule has 1 saturated heterocycles. The van der Waals surface area contributed by atoms with Gasteiger partial charge in [0.05, 0.1) is 6.10 Å². The Kier molecular flexibility index (Phi) is 7.48. The first-order valence-electron chi connectivity index (χ1n) is 14.6. The summed E-state index contributed by atoms with van der Waals surface area (Å²) in [5.41, 5.74) is 10.2.